The summed E-state index contributed by atoms with van der Waals surface area (Å²) in [6.07, 6.45) is 2.58. The highest BCUT2D eigenvalue weighted by atomic mass is 19.3. The number of amides is 2. The molecule has 0 radical (unpaired) electrons. The number of ether oxygens (including phenoxy) is 1. The van der Waals surface area contributed by atoms with E-state index in [-0.39, 0.29) is 19.4 Å². The van der Waals surface area contributed by atoms with Gasteiger partial charge in [0.25, 0.3) is 5.92 Å². The van der Waals surface area contributed by atoms with Gasteiger partial charge < -0.3 is 15.0 Å². The summed E-state index contributed by atoms with van der Waals surface area (Å²) < 4.78 is 33.4. The molecule has 1 N–H and O–H groups in total. The largest absolute Gasteiger partial charge is 0.457 e. The number of benzene rings is 2. The molecular weight excluding hydrogens is 374 g/mol. The molecule has 0 aromatic heterocycles. The molecule has 0 unspecified atom stereocenters. The number of hydrogen-bond donors (Lipinski definition) is 1. The summed E-state index contributed by atoms with van der Waals surface area (Å²) in [6.45, 7) is 5.47. The van der Waals surface area contributed by atoms with Gasteiger partial charge in [-0.05, 0) is 60.4 Å². The van der Waals surface area contributed by atoms with Crippen LogP contribution in [0.4, 0.5) is 13.6 Å². The zero-order valence-corrected chi connectivity index (χ0v) is 17.0. The fourth-order valence-corrected chi connectivity index (χ4v) is 3.36. The SMILES string of the molecule is CCCCNC(=O)N1CCc2ccc(Oc3ccc(C(F)(F)CC)cc3)cc2C1.[HH]. The fourth-order valence-electron chi connectivity index (χ4n) is 3.36. The van der Waals surface area contributed by atoms with Crippen molar-refractivity contribution < 1.29 is 19.7 Å². The van der Waals surface area contributed by atoms with Gasteiger partial charge in [0.1, 0.15) is 11.5 Å². The highest BCUT2D eigenvalue weighted by Gasteiger charge is 2.28. The van der Waals surface area contributed by atoms with Gasteiger partial charge in [0.15, 0.2) is 0 Å². The maximum atomic E-state index is 13.8. The molecule has 2 aromatic carbocycles. The lowest BCUT2D eigenvalue weighted by molar-refractivity contribution is -0.00830. The molecule has 0 spiro atoms. The number of unbranched alkanes of at least 4 members (excludes halogenated alkanes) is 1. The quantitative estimate of drug-likeness (QED) is 0.567. The third-order valence-corrected chi connectivity index (χ3v) is 5.24. The predicted molar refractivity (Wildman–Crippen MR) is 112 cm³/mol. The van der Waals surface area contributed by atoms with Crippen LogP contribution in [0.5, 0.6) is 11.5 Å². The van der Waals surface area contributed by atoms with E-state index in [0.717, 1.165) is 24.8 Å². The van der Waals surface area contributed by atoms with Crippen molar-refractivity contribution in [2.75, 3.05) is 13.1 Å². The van der Waals surface area contributed by atoms with E-state index in [1.807, 2.05) is 23.1 Å². The third-order valence-electron chi connectivity index (χ3n) is 5.24. The molecule has 0 aliphatic carbocycles. The molecule has 3 rings (SSSR count). The average molecular weight is 405 g/mol. The normalized spacial score (nSPS) is 13.7. The minimum absolute atomic E-state index is 0. The number of nitrogens with one attached hydrogen (secondary N) is 1. The third kappa shape index (κ3) is 5.25. The summed E-state index contributed by atoms with van der Waals surface area (Å²) in [5, 5.41) is 2.96. The van der Waals surface area contributed by atoms with Crippen LogP contribution in [0.2, 0.25) is 0 Å². The van der Waals surface area contributed by atoms with Crippen molar-refractivity contribution in [1.82, 2.24) is 10.2 Å². The van der Waals surface area contributed by atoms with Crippen molar-refractivity contribution >= 4 is 6.03 Å². The lowest BCUT2D eigenvalue weighted by Gasteiger charge is -2.29. The van der Waals surface area contributed by atoms with E-state index in [0.29, 0.717) is 31.1 Å². The first kappa shape index (κ1) is 21.1. The monoisotopic (exact) mass is 404 g/mol. The molecule has 1 heterocycles. The number of nitrogens with zero attached hydrogens (tertiary/aromatic N) is 1. The maximum absolute atomic E-state index is 13.8. The van der Waals surface area contributed by atoms with Crippen molar-refractivity contribution in [3.63, 3.8) is 0 Å². The second-order valence-electron chi connectivity index (χ2n) is 7.37. The Labute approximate surface area is 172 Å². The highest BCUT2D eigenvalue weighted by Crippen LogP contribution is 2.33. The van der Waals surface area contributed by atoms with Crippen molar-refractivity contribution in [2.24, 2.45) is 0 Å². The van der Waals surface area contributed by atoms with Gasteiger partial charge >= 0.3 is 6.03 Å². The second-order valence-corrected chi connectivity index (χ2v) is 7.37. The van der Waals surface area contributed by atoms with Crippen LogP contribution in [-0.2, 0) is 18.9 Å². The first-order valence-electron chi connectivity index (χ1n) is 10.2. The molecule has 0 saturated carbocycles. The van der Waals surface area contributed by atoms with Gasteiger partial charge in [-0.1, -0.05) is 26.3 Å². The minimum atomic E-state index is -2.83. The Morgan fingerprint density at radius 2 is 1.86 bits per heavy atom. The minimum Gasteiger partial charge on any atom is -0.457 e. The zero-order valence-electron chi connectivity index (χ0n) is 17.0. The van der Waals surface area contributed by atoms with Gasteiger partial charge in [-0.15, -0.1) is 0 Å². The Kier molecular flexibility index (Phi) is 6.72. The van der Waals surface area contributed by atoms with Crippen molar-refractivity contribution in [1.29, 1.82) is 0 Å². The summed E-state index contributed by atoms with van der Waals surface area (Å²) >= 11 is 0. The molecule has 29 heavy (non-hydrogen) atoms. The average Bonchev–Trinajstić information content (AvgIpc) is 2.73. The lowest BCUT2D eigenvalue weighted by atomic mass is 9.99. The molecule has 158 valence electrons. The zero-order chi connectivity index (χ0) is 20.9. The van der Waals surface area contributed by atoms with Crippen molar-refractivity contribution in [3.8, 4) is 11.5 Å². The summed E-state index contributed by atoms with van der Waals surface area (Å²) in [7, 11) is 0. The van der Waals surface area contributed by atoms with Crippen LogP contribution in [0, 0.1) is 0 Å². The van der Waals surface area contributed by atoms with Gasteiger partial charge in [-0.2, -0.15) is 0 Å². The number of halogens is 2. The van der Waals surface area contributed by atoms with Gasteiger partial charge in [0.2, 0.25) is 0 Å². The number of hydrogen-bond acceptors (Lipinski definition) is 2. The van der Waals surface area contributed by atoms with Crippen LogP contribution in [0.15, 0.2) is 42.5 Å². The fraction of sp³-hybridized carbons (Fsp3) is 0.435. The number of carbonyl (C=O) groups is 1. The second kappa shape index (κ2) is 9.25. The summed E-state index contributed by atoms with van der Waals surface area (Å²) in [6, 6.07) is 11.7. The van der Waals surface area contributed by atoms with Crippen LogP contribution in [0.1, 0.15) is 51.2 Å². The number of urea groups is 1. The summed E-state index contributed by atoms with van der Waals surface area (Å²) in [4.78, 5) is 14.1. The molecule has 2 amide bonds. The van der Waals surface area contributed by atoms with E-state index in [1.54, 1.807) is 12.1 Å². The number of alkyl halides is 2. The Balaban J connectivity index is 0.00000320. The van der Waals surface area contributed by atoms with Crippen LogP contribution < -0.4 is 10.1 Å². The first-order chi connectivity index (χ1) is 13.9. The Hall–Kier alpha value is -2.63. The molecule has 6 heteroatoms. The molecule has 0 fully saturated rings. The maximum Gasteiger partial charge on any atom is 0.317 e. The smallest absolute Gasteiger partial charge is 0.317 e. The lowest BCUT2D eigenvalue weighted by Crippen LogP contribution is -2.43. The highest BCUT2D eigenvalue weighted by molar-refractivity contribution is 5.74. The van der Waals surface area contributed by atoms with Crippen LogP contribution >= 0.6 is 0 Å². The van der Waals surface area contributed by atoms with Crippen molar-refractivity contribution in [3.05, 3.63) is 59.2 Å². The molecule has 1 aliphatic rings. The van der Waals surface area contributed by atoms with E-state index in [2.05, 4.69) is 12.2 Å². The summed E-state index contributed by atoms with van der Waals surface area (Å²) in [5.41, 5.74) is 2.24. The Bertz CT molecular complexity index is 844. The Morgan fingerprint density at radius 1 is 1.14 bits per heavy atom. The number of carbonyl (C=O) groups excluding carboxylic acids is 1. The van der Waals surface area contributed by atoms with Gasteiger partial charge in [0.05, 0.1) is 0 Å². The number of rotatable bonds is 7. The summed E-state index contributed by atoms with van der Waals surface area (Å²) in [5.74, 6) is -1.69. The molecule has 4 nitrogen and oxygen atoms in total. The van der Waals surface area contributed by atoms with Gasteiger partial charge in [0, 0.05) is 33.0 Å². The molecule has 0 saturated heterocycles. The molecule has 2 aromatic rings. The molecule has 1 aliphatic heterocycles. The van der Waals surface area contributed by atoms with Crippen LogP contribution in [0.25, 0.3) is 0 Å². The molecule has 0 bridgehead atoms. The van der Waals surface area contributed by atoms with E-state index in [4.69, 9.17) is 4.74 Å². The predicted octanol–water partition coefficient (Wildman–Crippen LogP) is 6.09. The van der Waals surface area contributed by atoms with Gasteiger partial charge in [-0.25, -0.2) is 13.6 Å². The van der Waals surface area contributed by atoms with E-state index < -0.39 is 5.92 Å². The van der Waals surface area contributed by atoms with E-state index >= 15 is 0 Å². The van der Waals surface area contributed by atoms with E-state index in [9.17, 15) is 13.6 Å². The topological polar surface area (TPSA) is 41.6 Å². The molecular formula is C23H30F2N2O2. The van der Waals surface area contributed by atoms with Crippen molar-refractivity contribution in [2.45, 2.75) is 52.0 Å². The standard InChI is InChI=1S/C23H28F2N2O2.H2/c1-3-5-13-26-22(28)27-14-12-17-6-9-21(15-18(17)16-27)29-20-10-7-19(8-11-20)23(24,25)4-2;/h6-11,15H,3-5,12-14,16H2,1-2H3,(H,26,28);1H. The molecule has 0 atom stereocenters. The van der Waals surface area contributed by atoms with Gasteiger partial charge in [-0.3, -0.25) is 0 Å². The van der Waals surface area contributed by atoms with Crippen LogP contribution in [-0.4, -0.2) is 24.0 Å². The first-order valence-corrected chi connectivity index (χ1v) is 10.2. The number of fused-ring (bicyclic) bond motifs is 1. The van der Waals surface area contributed by atoms with E-state index in [1.165, 1.54) is 24.6 Å². The van der Waals surface area contributed by atoms with Crippen LogP contribution in [0.3, 0.4) is 0 Å². The Morgan fingerprint density at radius 3 is 2.55 bits per heavy atom.